The smallest absolute Gasteiger partial charge is 0.295 e. The zero-order chi connectivity index (χ0) is 12.5. The van der Waals surface area contributed by atoms with Crippen molar-refractivity contribution in [2.75, 3.05) is 11.9 Å². The Hall–Kier alpha value is -2.04. The number of benzene rings is 1. The highest BCUT2D eigenvalue weighted by molar-refractivity contribution is 5.80. The lowest BCUT2D eigenvalue weighted by atomic mass is 9.93. The van der Waals surface area contributed by atoms with Crippen LogP contribution < -0.4 is 11.1 Å². The number of carbonyl (C=O) groups is 1. The van der Waals surface area contributed by atoms with Gasteiger partial charge in [-0.05, 0) is 26.0 Å². The Balaban J connectivity index is 2.12. The first kappa shape index (κ1) is 11.4. The predicted octanol–water partition coefficient (Wildman–Crippen LogP) is 1.75. The fourth-order valence-corrected chi connectivity index (χ4v) is 1.33. The fraction of sp³-hybridized carbons (Fsp3) is 0.333. The van der Waals surface area contributed by atoms with Crippen LogP contribution >= 0.6 is 0 Å². The van der Waals surface area contributed by atoms with E-state index in [1.54, 1.807) is 13.8 Å². The quantitative estimate of drug-likeness (QED) is 0.843. The lowest BCUT2D eigenvalue weighted by Crippen LogP contribution is -2.37. The standard InChI is InChI=1S/C12H15N3O2/c1-12(2,10(13)16)7-14-11-15-8-5-3-4-6-9(8)17-11/h3-6H,7H2,1-2H3,(H2,13,16)(H,14,15). The molecule has 5 heteroatoms. The zero-order valence-electron chi connectivity index (χ0n) is 9.86. The highest BCUT2D eigenvalue weighted by Crippen LogP contribution is 2.20. The molecule has 0 saturated carbocycles. The minimum Gasteiger partial charge on any atom is -0.424 e. The van der Waals surface area contributed by atoms with E-state index < -0.39 is 5.41 Å². The summed E-state index contributed by atoms with van der Waals surface area (Å²) >= 11 is 0. The summed E-state index contributed by atoms with van der Waals surface area (Å²) in [5.74, 6) is -0.360. The molecule has 0 unspecified atom stereocenters. The molecule has 3 N–H and O–H groups in total. The van der Waals surface area contributed by atoms with Crippen LogP contribution in [0.15, 0.2) is 28.7 Å². The maximum Gasteiger partial charge on any atom is 0.295 e. The fourth-order valence-electron chi connectivity index (χ4n) is 1.33. The molecule has 1 heterocycles. The third-order valence-electron chi connectivity index (χ3n) is 2.64. The molecule has 0 atom stereocenters. The second-order valence-electron chi connectivity index (χ2n) is 4.59. The molecule has 2 rings (SSSR count). The Morgan fingerprint density at radius 1 is 1.47 bits per heavy atom. The monoisotopic (exact) mass is 233 g/mol. The molecule has 0 saturated heterocycles. The molecular weight excluding hydrogens is 218 g/mol. The molecule has 1 amide bonds. The van der Waals surface area contributed by atoms with Gasteiger partial charge in [-0.2, -0.15) is 4.98 Å². The van der Waals surface area contributed by atoms with Gasteiger partial charge in [-0.1, -0.05) is 12.1 Å². The summed E-state index contributed by atoms with van der Waals surface area (Å²) in [6, 6.07) is 7.88. The van der Waals surface area contributed by atoms with Gasteiger partial charge >= 0.3 is 0 Å². The van der Waals surface area contributed by atoms with Crippen molar-refractivity contribution in [2.45, 2.75) is 13.8 Å². The number of primary amides is 1. The number of rotatable bonds is 4. The SMILES string of the molecule is CC(C)(CNc1nc2ccccc2o1)C(N)=O. The molecule has 0 aliphatic heterocycles. The summed E-state index contributed by atoms with van der Waals surface area (Å²) in [6.45, 7) is 3.92. The summed E-state index contributed by atoms with van der Waals surface area (Å²) in [6.07, 6.45) is 0. The van der Waals surface area contributed by atoms with Gasteiger partial charge in [0, 0.05) is 6.54 Å². The molecule has 0 aliphatic rings. The van der Waals surface area contributed by atoms with Crippen molar-refractivity contribution in [2.24, 2.45) is 11.1 Å². The van der Waals surface area contributed by atoms with E-state index in [1.165, 1.54) is 0 Å². The number of aromatic nitrogens is 1. The van der Waals surface area contributed by atoms with E-state index in [4.69, 9.17) is 10.2 Å². The number of anilines is 1. The van der Waals surface area contributed by atoms with E-state index >= 15 is 0 Å². The molecule has 1 aromatic heterocycles. The number of hydrogen-bond donors (Lipinski definition) is 2. The molecule has 0 aliphatic carbocycles. The Bertz CT molecular complexity index is 512. The van der Waals surface area contributed by atoms with E-state index in [9.17, 15) is 4.79 Å². The number of para-hydroxylation sites is 2. The Kier molecular flexibility index (Phi) is 2.75. The minimum absolute atomic E-state index is 0.360. The Morgan fingerprint density at radius 2 is 2.18 bits per heavy atom. The Morgan fingerprint density at radius 3 is 2.82 bits per heavy atom. The number of nitrogens with two attached hydrogens (primary N) is 1. The van der Waals surface area contributed by atoms with Gasteiger partial charge in [0.25, 0.3) is 6.01 Å². The van der Waals surface area contributed by atoms with Crippen LogP contribution in [0.3, 0.4) is 0 Å². The van der Waals surface area contributed by atoms with Gasteiger partial charge < -0.3 is 15.5 Å². The van der Waals surface area contributed by atoms with Crippen molar-refractivity contribution in [3.8, 4) is 0 Å². The summed E-state index contributed by atoms with van der Waals surface area (Å²) in [7, 11) is 0. The lowest BCUT2D eigenvalue weighted by molar-refractivity contribution is -0.125. The molecule has 17 heavy (non-hydrogen) atoms. The first-order valence-corrected chi connectivity index (χ1v) is 5.38. The number of amides is 1. The molecule has 1 aromatic carbocycles. The summed E-state index contributed by atoms with van der Waals surface area (Å²) in [4.78, 5) is 15.4. The van der Waals surface area contributed by atoms with Gasteiger partial charge in [-0.15, -0.1) is 0 Å². The van der Waals surface area contributed by atoms with E-state index in [2.05, 4.69) is 10.3 Å². The van der Waals surface area contributed by atoms with Gasteiger partial charge in [-0.3, -0.25) is 4.79 Å². The van der Waals surface area contributed by atoms with Gasteiger partial charge in [0.05, 0.1) is 5.41 Å². The van der Waals surface area contributed by atoms with Gasteiger partial charge in [-0.25, -0.2) is 0 Å². The number of nitrogens with zero attached hydrogens (tertiary/aromatic N) is 1. The molecule has 2 aromatic rings. The normalized spacial score (nSPS) is 11.6. The molecule has 5 nitrogen and oxygen atoms in total. The average molecular weight is 233 g/mol. The molecule has 0 spiro atoms. The Labute approximate surface area is 99.0 Å². The van der Waals surface area contributed by atoms with Crippen molar-refractivity contribution in [3.05, 3.63) is 24.3 Å². The first-order valence-electron chi connectivity index (χ1n) is 5.38. The highest BCUT2D eigenvalue weighted by Gasteiger charge is 2.25. The maximum absolute atomic E-state index is 11.1. The van der Waals surface area contributed by atoms with Crippen LogP contribution in [0.1, 0.15) is 13.8 Å². The van der Waals surface area contributed by atoms with Gasteiger partial charge in [0.15, 0.2) is 5.58 Å². The molecular formula is C12H15N3O2. The molecule has 0 radical (unpaired) electrons. The molecule has 0 bridgehead atoms. The number of oxazole rings is 1. The number of hydrogen-bond acceptors (Lipinski definition) is 4. The maximum atomic E-state index is 11.1. The van der Waals surface area contributed by atoms with Crippen molar-refractivity contribution in [1.29, 1.82) is 0 Å². The number of nitrogens with one attached hydrogen (secondary N) is 1. The second kappa shape index (κ2) is 4.08. The zero-order valence-corrected chi connectivity index (χ0v) is 9.86. The van der Waals surface area contributed by atoms with Crippen LogP contribution in [0.4, 0.5) is 6.01 Å². The second-order valence-corrected chi connectivity index (χ2v) is 4.59. The van der Waals surface area contributed by atoms with Crippen molar-refractivity contribution in [3.63, 3.8) is 0 Å². The summed E-state index contributed by atoms with van der Waals surface area (Å²) < 4.78 is 5.47. The van der Waals surface area contributed by atoms with Crippen molar-refractivity contribution in [1.82, 2.24) is 4.98 Å². The van der Waals surface area contributed by atoms with E-state index in [0.717, 1.165) is 5.52 Å². The first-order chi connectivity index (χ1) is 7.99. The summed E-state index contributed by atoms with van der Waals surface area (Å²) in [5, 5.41) is 2.98. The highest BCUT2D eigenvalue weighted by atomic mass is 16.4. The van der Waals surface area contributed by atoms with Crippen LogP contribution in [-0.4, -0.2) is 17.4 Å². The predicted molar refractivity (Wildman–Crippen MR) is 65.5 cm³/mol. The van der Waals surface area contributed by atoms with Crippen LogP contribution in [0, 0.1) is 5.41 Å². The van der Waals surface area contributed by atoms with E-state index in [-0.39, 0.29) is 5.91 Å². The van der Waals surface area contributed by atoms with Crippen molar-refractivity contribution < 1.29 is 9.21 Å². The summed E-state index contributed by atoms with van der Waals surface area (Å²) in [5.41, 5.74) is 6.14. The number of carbonyl (C=O) groups excluding carboxylic acids is 1. The average Bonchev–Trinajstić information content (AvgIpc) is 2.69. The van der Waals surface area contributed by atoms with Crippen LogP contribution in [0.25, 0.3) is 11.1 Å². The van der Waals surface area contributed by atoms with E-state index in [0.29, 0.717) is 18.1 Å². The number of fused-ring (bicyclic) bond motifs is 1. The van der Waals surface area contributed by atoms with E-state index in [1.807, 2.05) is 24.3 Å². The topological polar surface area (TPSA) is 81.2 Å². The van der Waals surface area contributed by atoms with Crippen LogP contribution in [0.2, 0.25) is 0 Å². The van der Waals surface area contributed by atoms with Crippen LogP contribution in [0.5, 0.6) is 0 Å². The lowest BCUT2D eigenvalue weighted by Gasteiger charge is -2.19. The third-order valence-corrected chi connectivity index (χ3v) is 2.64. The molecule has 90 valence electrons. The van der Waals surface area contributed by atoms with Crippen LogP contribution in [-0.2, 0) is 4.79 Å². The largest absolute Gasteiger partial charge is 0.424 e. The van der Waals surface area contributed by atoms with Gasteiger partial charge in [0.2, 0.25) is 5.91 Å². The molecule has 0 fully saturated rings. The van der Waals surface area contributed by atoms with Crippen molar-refractivity contribution >= 4 is 23.0 Å². The van der Waals surface area contributed by atoms with Gasteiger partial charge in [0.1, 0.15) is 5.52 Å². The minimum atomic E-state index is -0.638. The third kappa shape index (κ3) is 2.38.